The minimum atomic E-state index is -1.17. The van der Waals surface area contributed by atoms with Crippen molar-refractivity contribution in [2.75, 3.05) is 7.11 Å². The van der Waals surface area contributed by atoms with Gasteiger partial charge in [0, 0.05) is 10.0 Å². The average molecular weight is 298 g/mol. The highest BCUT2D eigenvalue weighted by Gasteiger charge is 2.25. The topological polar surface area (TPSA) is 70.3 Å². The molecule has 0 spiro atoms. The van der Waals surface area contributed by atoms with E-state index in [0.29, 0.717) is 10.0 Å². The van der Waals surface area contributed by atoms with Gasteiger partial charge < -0.3 is 9.84 Å². The van der Waals surface area contributed by atoms with Crippen LogP contribution in [-0.2, 0) is 10.3 Å². The number of rotatable bonds is 2. The Balaban J connectivity index is 3.48. The molecule has 1 aromatic rings. The Morgan fingerprint density at radius 2 is 2.12 bits per heavy atom. The molecule has 0 unspecified atom stereocenters. The quantitative estimate of drug-likeness (QED) is 0.851. The maximum absolute atomic E-state index is 11.4. The fraction of sp³-hybridized carbons (Fsp3) is 0.333. The SMILES string of the molecule is COC(=O)c1cc(Br)c(C(C)(C)O)c(C#N)c1. The van der Waals surface area contributed by atoms with Gasteiger partial charge in [0.05, 0.1) is 29.9 Å². The molecule has 90 valence electrons. The summed E-state index contributed by atoms with van der Waals surface area (Å²) in [5.74, 6) is -0.524. The third-order valence-corrected chi connectivity index (χ3v) is 2.87. The van der Waals surface area contributed by atoms with Crippen molar-refractivity contribution < 1.29 is 14.6 Å². The van der Waals surface area contributed by atoms with E-state index in [9.17, 15) is 9.90 Å². The van der Waals surface area contributed by atoms with E-state index in [1.54, 1.807) is 13.8 Å². The number of halogens is 1. The third-order valence-electron chi connectivity index (χ3n) is 2.24. The standard InChI is InChI=1S/C12H12BrNO3/c1-12(2,16)10-8(6-14)4-7(5-9(10)13)11(15)17-3/h4-5,16H,1-3H3. The number of carbonyl (C=O) groups excluding carboxylic acids is 1. The van der Waals surface area contributed by atoms with E-state index in [4.69, 9.17) is 5.26 Å². The first-order valence-electron chi connectivity index (χ1n) is 4.86. The predicted molar refractivity (Wildman–Crippen MR) is 65.4 cm³/mol. The van der Waals surface area contributed by atoms with Crippen molar-refractivity contribution in [3.05, 3.63) is 33.3 Å². The molecule has 0 aliphatic rings. The number of ether oxygens (including phenoxy) is 1. The Hall–Kier alpha value is -1.38. The Bertz CT molecular complexity index is 498. The lowest BCUT2D eigenvalue weighted by Gasteiger charge is -2.21. The van der Waals surface area contributed by atoms with Crippen molar-refractivity contribution >= 4 is 21.9 Å². The normalized spacial score (nSPS) is 10.8. The van der Waals surface area contributed by atoms with E-state index in [-0.39, 0.29) is 11.1 Å². The number of hydrogen-bond donors (Lipinski definition) is 1. The summed E-state index contributed by atoms with van der Waals surface area (Å²) in [6, 6.07) is 4.90. The first-order valence-corrected chi connectivity index (χ1v) is 5.65. The van der Waals surface area contributed by atoms with Gasteiger partial charge in [0.1, 0.15) is 0 Å². The van der Waals surface area contributed by atoms with Crippen molar-refractivity contribution in [3.8, 4) is 6.07 Å². The molecule has 0 fully saturated rings. The molecule has 0 amide bonds. The number of hydrogen-bond acceptors (Lipinski definition) is 4. The summed E-state index contributed by atoms with van der Waals surface area (Å²) in [5.41, 5.74) is -0.206. The molecule has 0 saturated heterocycles. The van der Waals surface area contributed by atoms with Crippen LogP contribution in [0.25, 0.3) is 0 Å². The van der Waals surface area contributed by atoms with Crippen LogP contribution in [0.5, 0.6) is 0 Å². The van der Waals surface area contributed by atoms with Gasteiger partial charge in [-0.05, 0) is 26.0 Å². The van der Waals surface area contributed by atoms with E-state index in [1.807, 2.05) is 6.07 Å². The Morgan fingerprint density at radius 3 is 2.53 bits per heavy atom. The molecule has 4 nitrogen and oxygen atoms in total. The molecule has 0 aliphatic heterocycles. The lowest BCUT2D eigenvalue weighted by atomic mass is 9.92. The molecule has 0 aliphatic carbocycles. The van der Waals surface area contributed by atoms with Crippen LogP contribution in [0.4, 0.5) is 0 Å². The van der Waals surface area contributed by atoms with Crippen LogP contribution in [-0.4, -0.2) is 18.2 Å². The first kappa shape index (κ1) is 13.7. The number of nitriles is 1. The van der Waals surface area contributed by atoms with Gasteiger partial charge in [-0.25, -0.2) is 4.79 Å². The average Bonchev–Trinajstić information content (AvgIpc) is 2.24. The van der Waals surface area contributed by atoms with E-state index in [1.165, 1.54) is 19.2 Å². The zero-order valence-electron chi connectivity index (χ0n) is 9.74. The summed E-state index contributed by atoms with van der Waals surface area (Å²) in [5, 5.41) is 19.0. The number of carbonyl (C=O) groups is 1. The van der Waals surface area contributed by atoms with Crippen LogP contribution in [0, 0.1) is 11.3 Å². The van der Waals surface area contributed by atoms with Gasteiger partial charge in [-0.15, -0.1) is 0 Å². The van der Waals surface area contributed by atoms with Crippen LogP contribution >= 0.6 is 15.9 Å². The second-order valence-corrected chi connectivity index (χ2v) is 4.90. The zero-order valence-corrected chi connectivity index (χ0v) is 11.3. The molecule has 0 aromatic heterocycles. The molecule has 0 atom stereocenters. The van der Waals surface area contributed by atoms with Crippen LogP contribution in [0.1, 0.15) is 35.3 Å². The lowest BCUT2D eigenvalue weighted by Crippen LogP contribution is -2.19. The van der Waals surface area contributed by atoms with Gasteiger partial charge >= 0.3 is 5.97 Å². The molecule has 5 heteroatoms. The van der Waals surface area contributed by atoms with Gasteiger partial charge in [0.25, 0.3) is 0 Å². The summed E-state index contributed by atoms with van der Waals surface area (Å²) >= 11 is 3.25. The van der Waals surface area contributed by atoms with Crippen molar-refractivity contribution in [3.63, 3.8) is 0 Å². The molecule has 0 saturated carbocycles. The summed E-state index contributed by atoms with van der Waals surface area (Å²) in [7, 11) is 1.27. The Labute approximate surface area is 108 Å². The minimum absolute atomic E-state index is 0.243. The first-order chi connectivity index (χ1) is 7.81. The van der Waals surface area contributed by atoms with E-state index in [0.717, 1.165) is 0 Å². The van der Waals surface area contributed by atoms with Crippen molar-refractivity contribution in [2.45, 2.75) is 19.4 Å². The lowest BCUT2D eigenvalue weighted by molar-refractivity contribution is 0.0598. The zero-order chi connectivity index (χ0) is 13.2. The third kappa shape index (κ3) is 2.84. The summed E-state index contributed by atoms with van der Waals surface area (Å²) in [6.07, 6.45) is 0. The molecule has 1 aromatic carbocycles. The highest BCUT2D eigenvalue weighted by atomic mass is 79.9. The molecular formula is C12H12BrNO3. The number of benzene rings is 1. The van der Waals surface area contributed by atoms with Gasteiger partial charge in [0.2, 0.25) is 0 Å². The number of methoxy groups -OCH3 is 1. The van der Waals surface area contributed by atoms with Crippen LogP contribution < -0.4 is 0 Å². The largest absolute Gasteiger partial charge is 0.465 e. The number of nitrogens with zero attached hydrogens (tertiary/aromatic N) is 1. The van der Waals surface area contributed by atoms with E-state index in [2.05, 4.69) is 20.7 Å². The van der Waals surface area contributed by atoms with Crippen molar-refractivity contribution in [2.24, 2.45) is 0 Å². The summed E-state index contributed by atoms with van der Waals surface area (Å²) < 4.78 is 5.09. The number of aliphatic hydroxyl groups is 1. The maximum Gasteiger partial charge on any atom is 0.337 e. The second kappa shape index (κ2) is 4.86. The monoisotopic (exact) mass is 297 g/mol. The second-order valence-electron chi connectivity index (χ2n) is 4.04. The van der Waals surface area contributed by atoms with Gasteiger partial charge in [0.15, 0.2) is 0 Å². The maximum atomic E-state index is 11.4. The fourth-order valence-corrected chi connectivity index (χ4v) is 2.50. The molecule has 17 heavy (non-hydrogen) atoms. The van der Waals surface area contributed by atoms with Crippen molar-refractivity contribution in [1.82, 2.24) is 0 Å². The predicted octanol–water partition coefficient (Wildman–Crippen LogP) is 2.33. The summed E-state index contributed by atoms with van der Waals surface area (Å²) in [4.78, 5) is 11.4. The van der Waals surface area contributed by atoms with Crippen LogP contribution in [0.3, 0.4) is 0 Å². The number of esters is 1. The molecule has 1 N–H and O–H groups in total. The van der Waals surface area contributed by atoms with Gasteiger partial charge in [-0.3, -0.25) is 0 Å². The molecule has 0 radical (unpaired) electrons. The van der Waals surface area contributed by atoms with Crippen LogP contribution in [0.2, 0.25) is 0 Å². The van der Waals surface area contributed by atoms with Crippen molar-refractivity contribution in [1.29, 1.82) is 5.26 Å². The smallest absolute Gasteiger partial charge is 0.337 e. The fourth-order valence-electron chi connectivity index (χ4n) is 1.55. The molecule has 1 rings (SSSR count). The molecular weight excluding hydrogens is 286 g/mol. The molecule has 0 bridgehead atoms. The van der Waals surface area contributed by atoms with Crippen LogP contribution in [0.15, 0.2) is 16.6 Å². The van der Waals surface area contributed by atoms with Gasteiger partial charge in [-0.2, -0.15) is 5.26 Å². The summed E-state index contributed by atoms with van der Waals surface area (Å²) in [6.45, 7) is 3.15. The Kier molecular flexibility index (Phi) is 3.91. The molecule has 0 heterocycles. The van der Waals surface area contributed by atoms with Gasteiger partial charge in [-0.1, -0.05) is 15.9 Å². The van der Waals surface area contributed by atoms with E-state index < -0.39 is 11.6 Å². The highest BCUT2D eigenvalue weighted by Crippen LogP contribution is 2.32. The minimum Gasteiger partial charge on any atom is -0.465 e. The Morgan fingerprint density at radius 1 is 1.53 bits per heavy atom. The highest BCUT2D eigenvalue weighted by molar-refractivity contribution is 9.10. The van der Waals surface area contributed by atoms with E-state index >= 15 is 0 Å².